The maximum atomic E-state index is 12.2. The number of nitrogens with one attached hydrogen (secondary N) is 1. The first kappa shape index (κ1) is 19.7. The molecule has 0 saturated carbocycles. The number of carbonyl (C=O) groups excluding carboxylic acids is 1. The third-order valence-corrected chi connectivity index (χ3v) is 6.20. The minimum atomic E-state index is 0.0109. The monoisotopic (exact) mass is 406 g/mol. The van der Waals surface area contributed by atoms with Gasteiger partial charge in [-0.15, -0.1) is 11.3 Å². The Morgan fingerprint density at radius 2 is 2.00 bits per heavy atom. The number of anilines is 1. The first-order valence-electron chi connectivity index (χ1n) is 10.1. The molecule has 6 heteroatoms. The molecule has 1 fully saturated rings. The van der Waals surface area contributed by atoms with Gasteiger partial charge in [0.15, 0.2) is 5.13 Å². The van der Waals surface area contributed by atoms with E-state index in [1.165, 1.54) is 28.2 Å². The van der Waals surface area contributed by atoms with Gasteiger partial charge in [-0.05, 0) is 56.1 Å². The predicted octanol–water partition coefficient (Wildman–Crippen LogP) is 4.26. The minimum absolute atomic E-state index is 0.0109. The molecule has 0 aliphatic carbocycles. The summed E-state index contributed by atoms with van der Waals surface area (Å²) >= 11 is 1.44. The molecule has 1 aliphatic rings. The van der Waals surface area contributed by atoms with Crippen LogP contribution in [-0.4, -0.2) is 40.4 Å². The predicted molar refractivity (Wildman–Crippen MR) is 117 cm³/mol. The summed E-state index contributed by atoms with van der Waals surface area (Å²) in [7, 11) is 0. The molecule has 5 nitrogen and oxygen atoms in total. The van der Waals surface area contributed by atoms with Crippen molar-refractivity contribution < 1.29 is 4.79 Å². The maximum Gasteiger partial charge on any atom is 0.240 e. The molecule has 1 aliphatic heterocycles. The third kappa shape index (κ3) is 5.28. The highest BCUT2D eigenvalue weighted by Gasteiger charge is 2.23. The van der Waals surface area contributed by atoms with Crippen LogP contribution in [0.15, 0.2) is 54.0 Å². The molecule has 0 spiro atoms. The quantitative estimate of drug-likeness (QED) is 0.665. The number of aromatic nitrogens is 2. The zero-order valence-electron chi connectivity index (χ0n) is 16.7. The highest BCUT2D eigenvalue weighted by atomic mass is 32.1. The van der Waals surface area contributed by atoms with Gasteiger partial charge in [0.2, 0.25) is 5.91 Å². The second-order valence-electron chi connectivity index (χ2n) is 7.59. The molecule has 1 amide bonds. The van der Waals surface area contributed by atoms with Gasteiger partial charge < -0.3 is 5.32 Å². The summed E-state index contributed by atoms with van der Waals surface area (Å²) < 4.78 is 0. The number of benzene rings is 1. The fourth-order valence-electron chi connectivity index (χ4n) is 3.86. The van der Waals surface area contributed by atoms with Gasteiger partial charge in [-0.1, -0.05) is 30.3 Å². The van der Waals surface area contributed by atoms with Crippen molar-refractivity contribution in [2.75, 3.05) is 25.0 Å². The van der Waals surface area contributed by atoms with Crippen LogP contribution in [0.5, 0.6) is 0 Å². The van der Waals surface area contributed by atoms with Crippen LogP contribution in [0.3, 0.4) is 0 Å². The molecule has 2 aromatic heterocycles. The van der Waals surface area contributed by atoms with Gasteiger partial charge in [-0.25, -0.2) is 4.98 Å². The van der Waals surface area contributed by atoms with Crippen LogP contribution in [0.4, 0.5) is 5.13 Å². The van der Waals surface area contributed by atoms with E-state index in [9.17, 15) is 4.79 Å². The number of carbonyl (C=O) groups is 1. The van der Waals surface area contributed by atoms with Crippen molar-refractivity contribution >= 4 is 22.4 Å². The fraction of sp³-hybridized carbons (Fsp3) is 0.348. The van der Waals surface area contributed by atoms with Crippen LogP contribution >= 0.6 is 11.3 Å². The normalized spacial score (nSPS) is 15.3. The van der Waals surface area contributed by atoms with Crippen LogP contribution in [0, 0.1) is 6.92 Å². The molecule has 4 rings (SSSR count). The number of rotatable bonds is 6. The lowest BCUT2D eigenvalue weighted by atomic mass is 9.92. The Bertz CT molecular complexity index is 949. The lowest BCUT2D eigenvalue weighted by Gasteiger charge is -2.31. The van der Waals surface area contributed by atoms with Gasteiger partial charge in [0.05, 0.1) is 6.54 Å². The molecule has 1 saturated heterocycles. The van der Waals surface area contributed by atoms with E-state index in [-0.39, 0.29) is 5.91 Å². The fourth-order valence-corrected chi connectivity index (χ4v) is 4.41. The summed E-state index contributed by atoms with van der Waals surface area (Å²) in [5.74, 6) is 0.474. The lowest BCUT2D eigenvalue weighted by molar-refractivity contribution is -0.117. The van der Waals surface area contributed by atoms with E-state index >= 15 is 0 Å². The van der Waals surface area contributed by atoms with E-state index in [2.05, 4.69) is 64.6 Å². The second-order valence-corrected chi connectivity index (χ2v) is 8.49. The van der Waals surface area contributed by atoms with Gasteiger partial charge in [-0.2, -0.15) is 0 Å². The topological polar surface area (TPSA) is 58.1 Å². The lowest BCUT2D eigenvalue weighted by Crippen LogP contribution is -2.38. The first-order valence-corrected chi connectivity index (χ1v) is 11.0. The molecular weight excluding hydrogens is 380 g/mol. The van der Waals surface area contributed by atoms with E-state index in [0.717, 1.165) is 38.0 Å². The first-order chi connectivity index (χ1) is 14.2. The van der Waals surface area contributed by atoms with Crippen LogP contribution in [0.1, 0.15) is 41.3 Å². The molecule has 0 radical (unpaired) electrons. The van der Waals surface area contributed by atoms with E-state index in [4.69, 9.17) is 4.98 Å². The van der Waals surface area contributed by atoms with Crippen molar-refractivity contribution in [1.82, 2.24) is 14.9 Å². The number of amides is 1. The van der Waals surface area contributed by atoms with Crippen molar-refractivity contribution in [3.8, 4) is 0 Å². The molecule has 29 heavy (non-hydrogen) atoms. The number of thiazole rings is 1. The Morgan fingerprint density at radius 3 is 2.76 bits per heavy atom. The molecule has 3 heterocycles. The summed E-state index contributed by atoms with van der Waals surface area (Å²) in [6.07, 6.45) is 4.64. The largest absolute Gasteiger partial charge is 0.301 e. The number of likely N-dealkylation sites (tertiary alicyclic amines) is 1. The third-order valence-electron chi connectivity index (χ3n) is 5.51. The van der Waals surface area contributed by atoms with E-state index in [1.807, 2.05) is 5.38 Å². The van der Waals surface area contributed by atoms with Crippen LogP contribution < -0.4 is 5.32 Å². The smallest absolute Gasteiger partial charge is 0.240 e. The molecular formula is C23H26N4OS. The average Bonchev–Trinajstić information content (AvgIpc) is 3.23. The number of hydrogen-bond acceptors (Lipinski definition) is 5. The second kappa shape index (κ2) is 9.29. The number of piperidine rings is 1. The van der Waals surface area contributed by atoms with E-state index in [0.29, 0.717) is 17.6 Å². The highest BCUT2D eigenvalue weighted by molar-refractivity contribution is 7.13. The Labute approximate surface area is 175 Å². The SMILES string of the molecule is Cc1ccccc1Cc1cccc(C2CCN(CC(=O)Nc3nccs3)CC2)n1. The zero-order valence-corrected chi connectivity index (χ0v) is 17.5. The van der Waals surface area contributed by atoms with Gasteiger partial charge in [0.25, 0.3) is 0 Å². The highest BCUT2D eigenvalue weighted by Crippen LogP contribution is 2.27. The minimum Gasteiger partial charge on any atom is -0.301 e. The Kier molecular flexibility index (Phi) is 6.32. The number of pyridine rings is 1. The number of aryl methyl sites for hydroxylation is 1. The Hall–Kier alpha value is -2.57. The molecule has 0 unspecified atom stereocenters. The standard InChI is InChI=1S/C23H26N4OS/c1-17-5-2-3-6-19(17)15-20-7-4-8-21(25-20)18-9-12-27(13-10-18)16-22(28)26-23-24-11-14-29-23/h2-8,11,14,18H,9-10,12-13,15-16H2,1H3,(H,24,26,28). The summed E-state index contributed by atoms with van der Waals surface area (Å²) in [4.78, 5) is 23.5. The van der Waals surface area contributed by atoms with Crippen molar-refractivity contribution in [2.24, 2.45) is 0 Å². The van der Waals surface area contributed by atoms with Crippen molar-refractivity contribution in [3.63, 3.8) is 0 Å². The average molecular weight is 407 g/mol. The summed E-state index contributed by atoms with van der Waals surface area (Å²) in [6.45, 7) is 4.41. The van der Waals surface area contributed by atoms with Crippen molar-refractivity contribution in [1.29, 1.82) is 0 Å². The molecule has 0 bridgehead atoms. The zero-order chi connectivity index (χ0) is 20.1. The van der Waals surface area contributed by atoms with Crippen molar-refractivity contribution in [3.05, 3.63) is 76.6 Å². The van der Waals surface area contributed by atoms with E-state index in [1.54, 1.807) is 6.20 Å². The van der Waals surface area contributed by atoms with Gasteiger partial charge in [-0.3, -0.25) is 14.7 Å². The molecule has 1 aromatic carbocycles. The number of nitrogens with zero attached hydrogens (tertiary/aromatic N) is 3. The van der Waals surface area contributed by atoms with Gasteiger partial charge in [0.1, 0.15) is 0 Å². The molecule has 0 atom stereocenters. The Morgan fingerprint density at radius 1 is 1.17 bits per heavy atom. The Balaban J connectivity index is 1.31. The van der Waals surface area contributed by atoms with Crippen LogP contribution in [0.25, 0.3) is 0 Å². The van der Waals surface area contributed by atoms with Crippen LogP contribution in [0.2, 0.25) is 0 Å². The van der Waals surface area contributed by atoms with Gasteiger partial charge in [0, 0.05) is 35.3 Å². The summed E-state index contributed by atoms with van der Waals surface area (Å²) in [5.41, 5.74) is 4.95. The molecule has 1 N–H and O–H groups in total. The number of hydrogen-bond donors (Lipinski definition) is 1. The van der Waals surface area contributed by atoms with Gasteiger partial charge >= 0.3 is 0 Å². The molecule has 3 aromatic rings. The van der Waals surface area contributed by atoms with Crippen LogP contribution in [-0.2, 0) is 11.2 Å². The molecule has 150 valence electrons. The van der Waals surface area contributed by atoms with Crippen molar-refractivity contribution in [2.45, 2.75) is 32.1 Å². The van der Waals surface area contributed by atoms with E-state index < -0.39 is 0 Å². The summed E-state index contributed by atoms with van der Waals surface area (Å²) in [5, 5.41) is 5.39. The summed E-state index contributed by atoms with van der Waals surface area (Å²) in [6, 6.07) is 14.9. The maximum absolute atomic E-state index is 12.2.